The molecule has 4 fully saturated rings. The summed E-state index contributed by atoms with van der Waals surface area (Å²) in [6.07, 6.45) is 12.9. The van der Waals surface area contributed by atoms with Crippen molar-refractivity contribution in [3.63, 3.8) is 0 Å². The van der Waals surface area contributed by atoms with E-state index < -0.39 is 0 Å². The predicted octanol–water partition coefficient (Wildman–Crippen LogP) is 2.94. The molecule has 3 heteroatoms. The van der Waals surface area contributed by atoms with E-state index in [1.807, 2.05) is 0 Å². The fourth-order valence-electron chi connectivity index (χ4n) is 5.01. The molecular weight excluding hydrogens is 260 g/mol. The van der Waals surface area contributed by atoms with E-state index in [1.165, 1.54) is 77.4 Å². The summed E-state index contributed by atoms with van der Waals surface area (Å²) in [5, 5.41) is 3.68. The zero-order valence-corrected chi connectivity index (χ0v) is 13.7. The van der Waals surface area contributed by atoms with E-state index >= 15 is 0 Å². The van der Waals surface area contributed by atoms with Gasteiger partial charge < -0.3 is 10.1 Å². The number of hydrogen-bond donors (Lipinski definition) is 1. The minimum absolute atomic E-state index is 0.289. The molecule has 0 aromatic rings. The summed E-state index contributed by atoms with van der Waals surface area (Å²) in [4.78, 5) is 2.77. The molecule has 2 saturated carbocycles. The number of nitrogens with zero attached hydrogens (tertiary/aromatic N) is 1. The number of piperazine rings is 1. The quantitative estimate of drug-likeness (QED) is 0.865. The van der Waals surface area contributed by atoms with Crippen LogP contribution in [-0.2, 0) is 4.74 Å². The van der Waals surface area contributed by atoms with Crippen molar-refractivity contribution >= 4 is 0 Å². The van der Waals surface area contributed by atoms with E-state index in [0.29, 0.717) is 12.1 Å². The molecule has 0 radical (unpaired) electrons. The molecule has 0 aromatic heterocycles. The summed E-state index contributed by atoms with van der Waals surface area (Å²) in [5.74, 6) is 0.968. The van der Waals surface area contributed by atoms with Crippen LogP contribution in [0.5, 0.6) is 0 Å². The van der Waals surface area contributed by atoms with Crippen LogP contribution in [0.4, 0.5) is 0 Å². The molecule has 2 aliphatic heterocycles. The van der Waals surface area contributed by atoms with E-state index in [-0.39, 0.29) is 5.60 Å². The van der Waals surface area contributed by atoms with E-state index in [2.05, 4.69) is 17.1 Å². The largest absolute Gasteiger partial charge is 0.370 e. The number of nitrogens with one attached hydrogen (secondary N) is 1. The molecule has 4 rings (SSSR count). The lowest BCUT2D eigenvalue weighted by atomic mass is 9.83. The third kappa shape index (κ3) is 3.16. The first kappa shape index (κ1) is 14.5. The Kier molecular flexibility index (Phi) is 4.01. The van der Waals surface area contributed by atoms with Crippen molar-refractivity contribution in [1.29, 1.82) is 0 Å². The molecule has 3 atom stereocenters. The van der Waals surface area contributed by atoms with Crippen LogP contribution >= 0.6 is 0 Å². The monoisotopic (exact) mass is 292 g/mol. The van der Waals surface area contributed by atoms with Crippen LogP contribution in [-0.4, -0.2) is 48.3 Å². The second-order valence-electron chi connectivity index (χ2n) is 8.19. The van der Waals surface area contributed by atoms with Crippen molar-refractivity contribution in [3.8, 4) is 0 Å². The summed E-state index contributed by atoms with van der Waals surface area (Å²) >= 11 is 0. The fraction of sp³-hybridized carbons (Fsp3) is 1.00. The van der Waals surface area contributed by atoms with Crippen molar-refractivity contribution < 1.29 is 4.74 Å². The van der Waals surface area contributed by atoms with Crippen LogP contribution in [0.25, 0.3) is 0 Å². The highest BCUT2D eigenvalue weighted by molar-refractivity contribution is 4.97. The Morgan fingerprint density at radius 3 is 2.67 bits per heavy atom. The van der Waals surface area contributed by atoms with Gasteiger partial charge in [-0.1, -0.05) is 19.3 Å². The minimum Gasteiger partial charge on any atom is -0.370 e. The van der Waals surface area contributed by atoms with Gasteiger partial charge in [-0.3, -0.25) is 4.90 Å². The second kappa shape index (κ2) is 5.82. The molecular formula is C18H32N2O. The maximum Gasteiger partial charge on any atom is 0.0710 e. The van der Waals surface area contributed by atoms with E-state index in [0.717, 1.165) is 12.0 Å². The highest BCUT2D eigenvalue weighted by atomic mass is 16.5. The third-order valence-electron chi connectivity index (χ3n) is 6.36. The van der Waals surface area contributed by atoms with Crippen LogP contribution < -0.4 is 5.32 Å². The van der Waals surface area contributed by atoms with Gasteiger partial charge in [0.05, 0.1) is 11.7 Å². The van der Waals surface area contributed by atoms with Crippen LogP contribution in [0.1, 0.15) is 64.7 Å². The molecule has 2 saturated heterocycles. The maximum atomic E-state index is 6.61. The molecule has 4 aliphatic rings. The van der Waals surface area contributed by atoms with Gasteiger partial charge in [0, 0.05) is 31.7 Å². The molecule has 3 nitrogen and oxygen atoms in total. The number of hydrogen-bond acceptors (Lipinski definition) is 3. The molecule has 2 aliphatic carbocycles. The smallest absolute Gasteiger partial charge is 0.0710 e. The Morgan fingerprint density at radius 2 is 1.90 bits per heavy atom. The van der Waals surface area contributed by atoms with Gasteiger partial charge in [0.15, 0.2) is 0 Å². The van der Waals surface area contributed by atoms with Gasteiger partial charge in [0.1, 0.15) is 0 Å². The lowest BCUT2D eigenvalue weighted by molar-refractivity contribution is -0.0778. The van der Waals surface area contributed by atoms with Crippen LogP contribution in [0.3, 0.4) is 0 Å². The van der Waals surface area contributed by atoms with Gasteiger partial charge in [-0.2, -0.15) is 0 Å². The Hall–Kier alpha value is -0.120. The average Bonchev–Trinajstić information content (AvgIpc) is 3.25. The lowest BCUT2D eigenvalue weighted by Gasteiger charge is -2.41. The van der Waals surface area contributed by atoms with Gasteiger partial charge in [-0.05, 0) is 51.4 Å². The van der Waals surface area contributed by atoms with Crippen molar-refractivity contribution in [3.05, 3.63) is 0 Å². The summed E-state index contributed by atoms with van der Waals surface area (Å²) in [7, 11) is 0. The third-order valence-corrected chi connectivity index (χ3v) is 6.36. The Bertz CT molecular complexity index is 362. The first-order valence-electron chi connectivity index (χ1n) is 9.39. The van der Waals surface area contributed by atoms with Gasteiger partial charge >= 0.3 is 0 Å². The van der Waals surface area contributed by atoms with Gasteiger partial charge in [0.2, 0.25) is 0 Å². The van der Waals surface area contributed by atoms with E-state index in [9.17, 15) is 0 Å². The lowest BCUT2D eigenvalue weighted by Crippen LogP contribution is -2.57. The molecule has 120 valence electrons. The Labute approximate surface area is 129 Å². The minimum atomic E-state index is 0.289. The standard InChI is InChI=1S/C18H32N2O/c1-14-12-20(17(11-19-14)15-5-6-15)13-16-7-10-18(21-16)8-3-2-4-9-18/h14-17,19H,2-13H2,1H3. The van der Waals surface area contributed by atoms with Crippen molar-refractivity contribution in [2.24, 2.45) is 5.92 Å². The first-order valence-corrected chi connectivity index (χ1v) is 9.39. The van der Waals surface area contributed by atoms with Crippen molar-refractivity contribution in [2.75, 3.05) is 19.6 Å². The summed E-state index contributed by atoms with van der Waals surface area (Å²) in [6, 6.07) is 1.43. The topological polar surface area (TPSA) is 24.5 Å². The normalized spacial score (nSPS) is 40.7. The molecule has 0 aromatic carbocycles. The first-order chi connectivity index (χ1) is 10.2. The van der Waals surface area contributed by atoms with Gasteiger partial charge in [0.25, 0.3) is 0 Å². The zero-order chi connectivity index (χ0) is 14.3. The molecule has 21 heavy (non-hydrogen) atoms. The predicted molar refractivity (Wildman–Crippen MR) is 85.5 cm³/mol. The Morgan fingerprint density at radius 1 is 1.10 bits per heavy atom. The van der Waals surface area contributed by atoms with Gasteiger partial charge in [-0.15, -0.1) is 0 Å². The highest BCUT2D eigenvalue weighted by Gasteiger charge is 2.43. The summed E-state index contributed by atoms with van der Waals surface area (Å²) in [5.41, 5.74) is 0.289. The van der Waals surface area contributed by atoms with Crippen LogP contribution in [0.15, 0.2) is 0 Å². The molecule has 3 unspecified atom stereocenters. The maximum absolute atomic E-state index is 6.61. The second-order valence-corrected chi connectivity index (χ2v) is 8.19. The van der Waals surface area contributed by atoms with Crippen LogP contribution in [0.2, 0.25) is 0 Å². The highest BCUT2D eigenvalue weighted by Crippen LogP contribution is 2.43. The average molecular weight is 292 g/mol. The van der Waals surface area contributed by atoms with Crippen molar-refractivity contribution in [2.45, 2.75) is 88.5 Å². The number of ether oxygens (including phenoxy) is 1. The SMILES string of the molecule is CC1CN(CC2CCC3(CCCCC3)O2)C(C2CC2)CN1. The fourth-order valence-corrected chi connectivity index (χ4v) is 5.01. The molecule has 0 bridgehead atoms. The Balaban J connectivity index is 1.36. The number of rotatable bonds is 3. The van der Waals surface area contributed by atoms with Gasteiger partial charge in [-0.25, -0.2) is 0 Å². The molecule has 2 heterocycles. The molecule has 1 spiro atoms. The van der Waals surface area contributed by atoms with Crippen molar-refractivity contribution in [1.82, 2.24) is 10.2 Å². The summed E-state index contributed by atoms with van der Waals surface area (Å²) < 4.78 is 6.61. The van der Waals surface area contributed by atoms with E-state index in [1.54, 1.807) is 0 Å². The van der Waals surface area contributed by atoms with Crippen LogP contribution in [0, 0.1) is 5.92 Å². The van der Waals surface area contributed by atoms with E-state index in [4.69, 9.17) is 4.74 Å². The zero-order valence-electron chi connectivity index (χ0n) is 13.7. The molecule has 1 N–H and O–H groups in total. The summed E-state index contributed by atoms with van der Waals surface area (Å²) in [6.45, 7) is 5.93. The molecule has 0 amide bonds.